The highest BCUT2D eigenvalue weighted by Gasteiger charge is 2.40. The Kier molecular flexibility index (Phi) is 4.08. The first-order chi connectivity index (χ1) is 13.1. The molecule has 142 valence electrons. The van der Waals surface area contributed by atoms with Gasteiger partial charge in [-0.2, -0.15) is 0 Å². The molecule has 3 fully saturated rings. The van der Waals surface area contributed by atoms with Crippen LogP contribution in [-0.4, -0.2) is 44.5 Å². The molecule has 1 aromatic heterocycles. The Labute approximate surface area is 159 Å². The summed E-state index contributed by atoms with van der Waals surface area (Å²) in [5.74, 6) is 0.501. The van der Waals surface area contributed by atoms with Gasteiger partial charge >= 0.3 is 0 Å². The molecule has 5 rings (SSSR count). The van der Waals surface area contributed by atoms with Gasteiger partial charge in [0.25, 0.3) is 0 Å². The molecule has 2 bridgehead atoms. The molecule has 1 unspecified atom stereocenters. The maximum Gasteiger partial charge on any atom is 0.243 e. The third kappa shape index (κ3) is 2.98. The molecular formula is C22H26N2O3. The number of hydrogen-bond acceptors (Lipinski definition) is 3. The van der Waals surface area contributed by atoms with Crippen molar-refractivity contribution in [2.75, 3.05) is 0 Å². The summed E-state index contributed by atoms with van der Waals surface area (Å²) in [5.41, 5.74) is 1.72. The zero-order valence-electron chi connectivity index (χ0n) is 15.5. The molecule has 5 heteroatoms. The summed E-state index contributed by atoms with van der Waals surface area (Å²) in [6, 6.07) is 8.21. The van der Waals surface area contributed by atoms with E-state index in [0.717, 1.165) is 48.6 Å². The van der Waals surface area contributed by atoms with Gasteiger partial charge in [0.2, 0.25) is 5.91 Å². The van der Waals surface area contributed by atoms with Gasteiger partial charge in [0.1, 0.15) is 6.54 Å². The molecule has 3 heterocycles. The highest BCUT2D eigenvalue weighted by atomic mass is 16.3. The molecule has 5 nitrogen and oxygen atoms in total. The third-order valence-electron chi connectivity index (χ3n) is 6.55. The van der Waals surface area contributed by atoms with Crippen LogP contribution in [0.15, 0.2) is 30.5 Å². The Morgan fingerprint density at radius 1 is 1.04 bits per heavy atom. The van der Waals surface area contributed by atoms with Gasteiger partial charge in [-0.15, -0.1) is 0 Å². The quantitative estimate of drug-likeness (QED) is 0.846. The summed E-state index contributed by atoms with van der Waals surface area (Å²) >= 11 is 0. The van der Waals surface area contributed by atoms with Crippen LogP contribution in [0.25, 0.3) is 10.9 Å². The van der Waals surface area contributed by atoms with E-state index in [-0.39, 0.29) is 42.3 Å². The van der Waals surface area contributed by atoms with Gasteiger partial charge in [0.15, 0.2) is 5.78 Å². The molecule has 2 saturated heterocycles. The van der Waals surface area contributed by atoms with Gasteiger partial charge < -0.3 is 14.6 Å². The predicted molar refractivity (Wildman–Crippen MR) is 103 cm³/mol. The number of carbonyl (C=O) groups excluding carboxylic acids is 2. The van der Waals surface area contributed by atoms with Crippen LogP contribution >= 0.6 is 0 Å². The van der Waals surface area contributed by atoms with Crippen LogP contribution in [0.2, 0.25) is 0 Å². The van der Waals surface area contributed by atoms with Gasteiger partial charge in [-0.3, -0.25) is 9.59 Å². The van der Waals surface area contributed by atoms with Crippen molar-refractivity contribution in [3.8, 4) is 0 Å². The molecule has 2 aliphatic heterocycles. The van der Waals surface area contributed by atoms with E-state index in [1.807, 2.05) is 39.9 Å². The van der Waals surface area contributed by atoms with E-state index in [9.17, 15) is 14.7 Å². The van der Waals surface area contributed by atoms with Gasteiger partial charge in [-0.25, -0.2) is 0 Å². The van der Waals surface area contributed by atoms with E-state index < -0.39 is 0 Å². The average molecular weight is 366 g/mol. The molecule has 27 heavy (non-hydrogen) atoms. The van der Waals surface area contributed by atoms with Crippen LogP contribution in [0.3, 0.4) is 0 Å². The summed E-state index contributed by atoms with van der Waals surface area (Å²) < 4.78 is 1.95. The monoisotopic (exact) mass is 366 g/mol. The lowest BCUT2D eigenvalue weighted by atomic mass is 9.83. The maximum atomic E-state index is 13.2. The minimum absolute atomic E-state index is 0.114. The molecule has 1 saturated carbocycles. The molecule has 3 aliphatic rings. The molecule has 1 N–H and O–H groups in total. The Balaban J connectivity index is 1.44. The average Bonchev–Trinajstić information content (AvgIpc) is 3.43. The fraction of sp³-hybridized carbons (Fsp3) is 0.545. The van der Waals surface area contributed by atoms with E-state index in [1.165, 1.54) is 0 Å². The SMILES string of the molecule is O=C(c1cn(CC(=O)N2[C@@H]3CCC[C@H]2CC(O)C3)c2ccccc12)C1CC1. The standard InChI is InChI=1S/C22H26N2O3/c25-17-10-15-4-3-5-16(11-17)24(15)21(26)13-23-12-19(22(27)14-8-9-14)18-6-1-2-7-20(18)23/h1-2,6-7,12,14-17,25H,3-5,8-11,13H2/t15-,16+,17?. The first kappa shape index (κ1) is 17.0. The van der Waals surface area contributed by atoms with Crippen LogP contribution in [0.4, 0.5) is 0 Å². The number of carbonyl (C=O) groups is 2. The van der Waals surface area contributed by atoms with Crippen molar-refractivity contribution in [1.29, 1.82) is 0 Å². The number of nitrogens with zero attached hydrogens (tertiary/aromatic N) is 2. The zero-order valence-corrected chi connectivity index (χ0v) is 15.5. The van der Waals surface area contributed by atoms with Crippen molar-refractivity contribution in [2.24, 2.45) is 5.92 Å². The lowest BCUT2D eigenvalue weighted by Gasteiger charge is -2.47. The molecule has 1 amide bonds. The van der Waals surface area contributed by atoms with E-state index in [4.69, 9.17) is 0 Å². The van der Waals surface area contributed by atoms with Crippen LogP contribution in [0.1, 0.15) is 55.3 Å². The Bertz CT molecular complexity index is 884. The van der Waals surface area contributed by atoms with Gasteiger partial charge in [0.05, 0.1) is 6.10 Å². The van der Waals surface area contributed by atoms with Crippen LogP contribution < -0.4 is 0 Å². The first-order valence-corrected chi connectivity index (χ1v) is 10.2. The van der Waals surface area contributed by atoms with Crippen molar-refractivity contribution in [3.05, 3.63) is 36.0 Å². The highest BCUT2D eigenvalue weighted by molar-refractivity contribution is 6.10. The number of para-hydroxylation sites is 1. The van der Waals surface area contributed by atoms with Crippen molar-refractivity contribution in [2.45, 2.75) is 69.7 Å². The number of ketones is 1. The van der Waals surface area contributed by atoms with Crippen LogP contribution in [0.5, 0.6) is 0 Å². The number of hydrogen-bond donors (Lipinski definition) is 1. The Hall–Kier alpha value is -2.14. The number of piperidine rings is 2. The lowest BCUT2D eigenvalue weighted by Crippen LogP contribution is -2.56. The zero-order chi connectivity index (χ0) is 18.5. The molecule has 3 atom stereocenters. The summed E-state index contributed by atoms with van der Waals surface area (Å²) in [5, 5.41) is 11.0. The van der Waals surface area contributed by atoms with Crippen molar-refractivity contribution in [3.63, 3.8) is 0 Å². The minimum Gasteiger partial charge on any atom is -0.393 e. The molecular weight excluding hydrogens is 340 g/mol. The number of aliphatic hydroxyl groups excluding tert-OH is 1. The highest BCUT2D eigenvalue weighted by Crippen LogP contribution is 2.36. The predicted octanol–water partition coefficient (Wildman–Crippen LogP) is 3.14. The van der Waals surface area contributed by atoms with Crippen molar-refractivity contribution < 1.29 is 14.7 Å². The second-order valence-corrected chi connectivity index (χ2v) is 8.49. The summed E-state index contributed by atoms with van der Waals surface area (Å²) in [6.45, 7) is 0.265. The molecule has 0 spiro atoms. The van der Waals surface area contributed by atoms with Gasteiger partial charge in [0, 0.05) is 40.7 Å². The van der Waals surface area contributed by atoms with Crippen molar-refractivity contribution in [1.82, 2.24) is 9.47 Å². The maximum absolute atomic E-state index is 13.2. The van der Waals surface area contributed by atoms with Gasteiger partial charge in [-0.05, 0) is 51.0 Å². The first-order valence-electron chi connectivity index (χ1n) is 10.2. The number of amides is 1. The van der Waals surface area contributed by atoms with E-state index in [2.05, 4.69) is 0 Å². The Morgan fingerprint density at radius 2 is 1.74 bits per heavy atom. The largest absolute Gasteiger partial charge is 0.393 e. The van der Waals surface area contributed by atoms with Crippen molar-refractivity contribution >= 4 is 22.6 Å². The molecule has 0 radical (unpaired) electrons. The fourth-order valence-corrected chi connectivity index (χ4v) is 5.13. The fourth-order valence-electron chi connectivity index (χ4n) is 5.13. The van der Waals surface area contributed by atoms with Gasteiger partial charge in [-0.1, -0.05) is 18.2 Å². The second kappa shape index (κ2) is 6.48. The van der Waals surface area contributed by atoms with E-state index >= 15 is 0 Å². The minimum atomic E-state index is -0.278. The second-order valence-electron chi connectivity index (χ2n) is 8.49. The molecule has 1 aliphatic carbocycles. The summed E-state index contributed by atoms with van der Waals surface area (Å²) in [4.78, 5) is 27.9. The van der Waals surface area contributed by atoms with E-state index in [0.29, 0.717) is 12.8 Å². The normalized spacial score (nSPS) is 27.7. The number of aromatic nitrogens is 1. The number of rotatable bonds is 4. The summed E-state index contributed by atoms with van der Waals surface area (Å²) in [7, 11) is 0. The molecule has 2 aromatic rings. The number of Topliss-reactive ketones (excluding diaryl/α,β-unsaturated/α-hetero) is 1. The topological polar surface area (TPSA) is 62.5 Å². The Morgan fingerprint density at radius 3 is 2.44 bits per heavy atom. The summed E-state index contributed by atoms with van der Waals surface area (Å²) in [6.07, 6.45) is 8.07. The van der Waals surface area contributed by atoms with Crippen LogP contribution in [0, 0.1) is 5.92 Å². The van der Waals surface area contributed by atoms with E-state index in [1.54, 1.807) is 0 Å². The number of aliphatic hydroxyl groups is 1. The van der Waals surface area contributed by atoms with Crippen LogP contribution in [-0.2, 0) is 11.3 Å². The number of fused-ring (bicyclic) bond motifs is 3. The smallest absolute Gasteiger partial charge is 0.243 e. The third-order valence-corrected chi connectivity index (χ3v) is 6.55. The number of benzene rings is 1. The molecule has 1 aromatic carbocycles. The lowest BCUT2D eigenvalue weighted by molar-refractivity contribution is -0.144.